The van der Waals surface area contributed by atoms with Gasteiger partial charge in [0.1, 0.15) is 12.8 Å². The molecule has 3 rings (SSSR count). The van der Waals surface area contributed by atoms with Crippen LogP contribution in [0.5, 0.6) is 11.5 Å². The van der Waals surface area contributed by atoms with Gasteiger partial charge in [-0.2, -0.15) is 4.57 Å². The molecule has 0 radical (unpaired) electrons. The smallest absolute Gasteiger partial charge is 0.255 e. The molecule has 0 bridgehead atoms. The molecular weight excluding hydrogens is 274 g/mol. The molecule has 0 aliphatic carbocycles. The number of halogens is 1. The third-order valence-electron chi connectivity index (χ3n) is 3.44. The van der Waals surface area contributed by atoms with Crippen molar-refractivity contribution in [1.29, 1.82) is 0 Å². The van der Waals surface area contributed by atoms with Crippen molar-refractivity contribution in [3.8, 4) is 11.5 Å². The van der Waals surface area contributed by atoms with Gasteiger partial charge in [0.15, 0.2) is 11.9 Å². The lowest BCUT2D eigenvalue weighted by atomic mass is 10.1. The number of rotatable bonds is 2. The summed E-state index contributed by atoms with van der Waals surface area (Å²) in [5.41, 5.74) is 1.07. The monoisotopic (exact) mass is 289 g/mol. The second kappa shape index (κ2) is 5.55. The fraction of sp³-hybridized carbons (Fsp3) is 0.188. The van der Waals surface area contributed by atoms with Crippen molar-refractivity contribution in [2.75, 3.05) is 14.2 Å². The Labute approximate surface area is 124 Å². The van der Waals surface area contributed by atoms with Crippen molar-refractivity contribution in [3.05, 3.63) is 42.6 Å². The lowest BCUT2D eigenvalue weighted by molar-refractivity contribution is -0.643. The van der Waals surface area contributed by atoms with E-state index in [0.717, 1.165) is 22.4 Å². The van der Waals surface area contributed by atoms with E-state index in [-0.39, 0.29) is 12.4 Å². The summed E-state index contributed by atoms with van der Waals surface area (Å²) in [6.07, 6.45) is 2.12. The molecule has 0 N–H and O–H groups in total. The van der Waals surface area contributed by atoms with Crippen LogP contribution in [0.25, 0.3) is 21.7 Å². The summed E-state index contributed by atoms with van der Waals surface area (Å²) in [4.78, 5) is 0. The summed E-state index contributed by atoms with van der Waals surface area (Å²) in [5.74, 6) is 1.63. The lowest BCUT2D eigenvalue weighted by Gasteiger charge is -2.09. The van der Waals surface area contributed by atoms with E-state index >= 15 is 0 Å². The number of aryl methyl sites for hydroxylation is 1. The number of hydrogen-bond acceptors (Lipinski definition) is 2. The number of ether oxygens (including phenoxy) is 2. The minimum atomic E-state index is 0. The maximum absolute atomic E-state index is 5.50. The Kier molecular flexibility index (Phi) is 4.00. The predicted molar refractivity (Wildman–Crippen MR) is 75.7 cm³/mol. The minimum Gasteiger partial charge on any atom is -1.00 e. The Morgan fingerprint density at radius 1 is 0.950 bits per heavy atom. The van der Waals surface area contributed by atoms with Crippen LogP contribution in [0.3, 0.4) is 0 Å². The van der Waals surface area contributed by atoms with Gasteiger partial charge in [-0.05, 0) is 12.1 Å². The highest BCUT2D eigenvalue weighted by atomic mass is 35.5. The molecule has 0 unspecified atom stereocenters. The van der Waals surface area contributed by atoms with Crippen LogP contribution in [0.1, 0.15) is 0 Å². The lowest BCUT2D eigenvalue weighted by Crippen LogP contribution is -3.00. The first-order valence-corrected chi connectivity index (χ1v) is 6.17. The third kappa shape index (κ3) is 2.14. The maximum Gasteiger partial charge on any atom is 0.255 e. The quantitative estimate of drug-likeness (QED) is 0.483. The molecule has 0 amide bonds. The van der Waals surface area contributed by atoms with Crippen LogP contribution in [-0.4, -0.2) is 14.2 Å². The van der Waals surface area contributed by atoms with Gasteiger partial charge in [-0.15, -0.1) is 0 Å². The molecule has 0 atom stereocenters. The standard InChI is InChI=1S/C16H16NO2.ClH/c1-17-10-11-6-4-5-7-13(11)14-8-12(18-2)9-15(19-3)16(14)17;/h4-10H,1-3H3;1H/q+1;/p-1. The second-order valence-corrected chi connectivity index (χ2v) is 4.55. The number of benzene rings is 2. The fourth-order valence-electron chi connectivity index (χ4n) is 2.55. The van der Waals surface area contributed by atoms with Gasteiger partial charge in [-0.3, -0.25) is 0 Å². The van der Waals surface area contributed by atoms with Gasteiger partial charge in [0.2, 0.25) is 0 Å². The summed E-state index contributed by atoms with van der Waals surface area (Å²) in [6, 6.07) is 12.3. The molecule has 20 heavy (non-hydrogen) atoms. The second-order valence-electron chi connectivity index (χ2n) is 4.55. The maximum atomic E-state index is 5.50. The minimum absolute atomic E-state index is 0. The molecule has 3 aromatic rings. The molecule has 2 aromatic carbocycles. The summed E-state index contributed by atoms with van der Waals surface area (Å²) in [6.45, 7) is 0. The Balaban J connectivity index is 0.00000147. The van der Waals surface area contributed by atoms with Crippen LogP contribution in [-0.2, 0) is 7.05 Å². The van der Waals surface area contributed by atoms with Gasteiger partial charge >= 0.3 is 0 Å². The van der Waals surface area contributed by atoms with Crippen molar-refractivity contribution in [2.24, 2.45) is 7.05 Å². The summed E-state index contributed by atoms with van der Waals surface area (Å²) < 4.78 is 13.0. The topological polar surface area (TPSA) is 22.3 Å². The highest BCUT2D eigenvalue weighted by Crippen LogP contribution is 2.32. The Morgan fingerprint density at radius 3 is 2.40 bits per heavy atom. The summed E-state index contributed by atoms with van der Waals surface area (Å²) in [7, 11) is 5.39. The number of hydrogen-bond donors (Lipinski definition) is 0. The molecule has 0 saturated carbocycles. The van der Waals surface area contributed by atoms with E-state index in [4.69, 9.17) is 9.47 Å². The van der Waals surface area contributed by atoms with Crippen molar-refractivity contribution >= 4 is 21.7 Å². The van der Waals surface area contributed by atoms with E-state index < -0.39 is 0 Å². The van der Waals surface area contributed by atoms with Crippen LogP contribution in [0.2, 0.25) is 0 Å². The Morgan fingerprint density at radius 2 is 1.70 bits per heavy atom. The van der Waals surface area contributed by atoms with Crippen LogP contribution in [0.15, 0.2) is 42.6 Å². The number of nitrogens with zero attached hydrogens (tertiary/aromatic N) is 1. The molecule has 4 heteroatoms. The summed E-state index contributed by atoms with van der Waals surface area (Å²) >= 11 is 0. The highest BCUT2D eigenvalue weighted by molar-refractivity contribution is 6.06. The molecule has 0 aliphatic heterocycles. The number of pyridine rings is 1. The van der Waals surface area contributed by atoms with Crippen LogP contribution in [0.4, 0.5) is 0 Å². The first-order chi connectivity index (χ1) is 9.24. The van der Waals surface area contributed by atoms with E-state index in [0.29, 0.717) is 0 Å². The number of fused-ring (bicyclic) bond motifs is 3. The highest BCUT2D eigenvalue weighted by Gasteiger charge is 2.17. The van der Waals surface area contributed by atoms with Gasteiger partial charge in [0, 0.05) is 16.8 Å². The van der Waals surface area contributed by atoms with Gasteiger partial charge in [0.25, 0.3) is 5.52 Å². The largest absolute Gasteiger partial charge is 1.00 e. The van der Waals surface area contributed by atoms with Crippen LogP contribution >= 0.6 is 0 Å². The zero-order valence-electron chi connectivity index (χ0n) is 11.7. The van der Waals surface area contributed by atoms with Gasteiger partial charge in [0.05, 0.1) is 19.6 Å². The van der Waals surface area contributed by atoms with E-state index in [1.165, 1.54) is 10.8 Å². The molecule has 104 valence electrons. The van der Waals surface area contributed by atoms with Gasteiger partial charge in [-0.1, -0.05) is 18.2 Å². The molecule has 1 aromatic heterocycles. The van der Waals surface area contributed by atoms with E-state index in [1.807, 2.05) is 25.2 Å². The normalized spacial score (nSPS) is 10.3. The van der Waals surface area contributed by atoms with E-state index in [1.54, 1.807) is 14.2 Å². The molecule has 0 saturated heterocycles. The molecule has 1 heterocycles. The molecular formula is C16H16ClNO2. The number of aromatic nitrogens is 1. The average Bonchev–Trinajstić information content (AvgIpc) is 2.46. The zero-order chi connectivity index (χ0) is 13.4. The van der Waals surface area contributed by atoms with Crippen molar-refractivity contribution in [3.63, 3.8) is 0 Å². The van der Waals surface area contributed by atoms with Crippen molar-refractivity contribution in [1.82, 2.24) is 0 Å². The average molecular weight is 290 g/mol. The molecule has 0 aliphatic rings. The first kappa shape index (κ1) is 14.4. The third-order valence-corrected chi connectivity index (χ3v) is 3.44. The molecule has 0 spiro atoms. The molecule has 0 fully saturated rings. The number of methoxy groups -OCH3 is 2. The van der Waals surface area contributed by atoms with E-state index in [2.05, 4.69) is 29.0 Å². The van der Waals surface area contributed by atoms with Crippen molar-refractivity contribution < 1.29 is 26.4 Å². The van der Waals surface area contributed by atoms with E-state index in [9.17, 15) is 0 Å². The zero-order valence-corrected chi connectivity index (χ0v) is 12.4. The first-order valence-electron chi connectivity index (χ1n) is 6.17. The predicted octanol–water partition coefficient (Wildman–Crippen LogP) is -0.161. The Hall–Kier alpha value is -2.00. The van der Waals surface area contributed by atoms with Gasteiger partial charge < -0.3 is 21.9 Å². The van der Waals surface area contributed by atoms with Crippen LogP contribution < -0.4 is 26.4 Å². The van der Waals surface area contributed by atoms with Gasteiger partial charge in [-0.25, -0.2) is 0 Å². The Bertz CT molecular complexity index is 771. The van der Waals surface area contributed by atoms with Crippen molar-refractivity contribution in [2.45, 2.75) is 0 Å². The fourth-order valence-corrected chi connectivity index (χ4v) is 2.55. The summed E-state index contributed by atoms with van der Waals surface area (Å²) in [5, 5.41) is 3.54. The van der Waals surface area contributed by atoms with Crippen LogP contribution in [0, 0.1) is 0 Å². The SMILES string of the molecule is COc1cc(OC)c2c(c1)c1ccccc1c[n+]2C.[Cl-]. The molecule has 3 nitrogen and oxygen atoms in total.